The third-order valence-corrected chi connectivity index (χ3v) is 4.78. The molecule has 0 radical (unpaired) electrons. The fourth-order valence-corrected chi connectivity index (χ4v) is 3.16. The zero-order valence-corrected chi connectivity index (χ0v) is 18.3. The molecule has 6 nitrogen and oxygen atoms in total. The number of amides is 1. The molecule has 3 rings (SSSR count). The van der Waals surface area contributed by atoms with Crippen molar-refractivity contribution >= 4 is 41.0 Å². The monoisotopic (exact) mass is 457 g/mol. The molecule has 0 unspecified atom stereocenters. The second-order valence-corrected chi connectivity index (χ2v) is 7.33. The standard InChI is InChI=1S/C23H21Cl2N3O3/c1-2-30-22-10-15(13-27-28-23(29)16-4-3-5-19(26)11-16)6-9-21(22)31-14-17-7-8-18(24)12-20(17)25/h3-13H,2,14,26H2,1H3,(H,28,29)/b27-13-. The minimum Gasteiger partial charge on any atom is -0.490 e. The van der Waals surface area contributed by atoms with Gasteiger partial charge in [-0.05, 0) is 61.0 Å². The van der Waals surface area contributed by atoms with Gasteiger partial charge >= 0.3 is 0 Å². The molecule has 0 saturated heterocycles. The fraction of sp³-hybridized carbons (Fsp3) is 0.130. The van der Waals surface area contributed by atoms with E-state index in [1.807, 2.05) is 13.0 Å². The number of halogens is 2. The summed E-state index contributed by atoms with van der Waals surface area (Å²) in [5.74, 6) is 0.765. The van der Waals surface area contributed by atoms with Gasteiger partial charge in [0.1, 0.15) is 6.61 Å². The lowest BCUT2D eigenvalue weighted by Gasteiger charge is -2.13. The average Bonchev–Trinajstić information content (AvgIpc) is 2.74. The second kappa shape index (κ2) is 10.7. The van der Waals surface area contributed by atoms with E-state index in [2.05, 4.69) is 10.5 Å². The van der Waals surface area contributed by atoms with Crippen LogP contribution in [0.2, 0.25) is 10.0 Å². The summed E-state index contributed by atoms with van der Waals surface area (Å²) < 4.78 is 11.6. The molecule has 1 amide bonds. The lowest BCUT2D eigenvalue weighted by Crippen LogP contribution is -2.17. The van der Waals surface area contributed by atoms with Gasteiger partial charge in [0.15, 0.2) is 11.5 Å². The number of ether oxygens (including phenoxy) is 2. The number of hydrazone groups is 1. The number of nitrogen functional groups attached to an aromatic ring is 1. The molecule has 0 atom stereocenters. The molecule has 0 bridgehead atoms. The first kappa shape index (κ1) is 22.5. The lowest BCUT2D eigenvalue weighted by molar-refractivity contribution is 0.0955. The van der Waals surface area contributed by atoms with E-state index in [9.17, 15) is 4.79 Å². The molecule has 8 heteroatoms. The molecule has 160 valence electrons. The number of carbonyl (C=O) groups excluding carboxylic acids is 1. The highest BCUT2D eigenvalue weighted by Gasteiger charge is 2.09. The Morgan fingerprint density at radius 2 is 1.90 bits per heavy atom. The van der Waals surface area contributed by atoms with Crippen LogP contribution in [0, 0.1) is 0 Å². The van der Waals surface area contributed by atoms with Crippen LogP contribution in [0.3, 0.4) is 0 Å². The van der Waals surface area contributed by atoms with Gasteiger partial charge in [-0.1, -0.05) is 35.3 Å². The van der Waals surface area contributed by atoms with Crippen LogP contribution >= 0.6 is 23.2 Å². The van der Waals surface area contributed by atoms with Crippen molar-refractivity contribution < 1.29 is 14.3 Å². The third-order valence-electron chi connectivity index (χ3n) is 4.19. The molecule has 31 heavy (non-hydrogen) atoms. The highest BCUT2D eigenvalue weighted by molar-refractivity contribution is 6.35. The number of rotatable bonds is 8. The quantitative estimate of drug-likeness (QED) is 0.272. The fourth-order valence-electron chi connectivity index (χ4n) is 2.70. The molecular formula is C23H21Cl2N3O3. The van der Waals surface area contributed by atoms with Crippen molar-refractivity contribution in [2.24, 2.45) is 5.10 Å². The topological polar surface area (TPSA) is 85.9 Å². The first-order chi connectivity index (χ1) is 15.0. The molecule has 0 aliphatic carbocycles. The number of hydrogen-bond donors (Lipinski definition) is 2. The van der Waals surface area contributed by atoms with E-state index >= 15 is 0 Å². The van der Waals surface area contributed by atoms with Crippen molar-refractivity contribution in [2.75, 3.05) is 12.3 Å². The molecule has 0 heterocycles. The van der Waals surface area contributed by atoms with Gasteiger partial charge in [-0.25, -0.2) is 5.43 Å². The molecule has 0 saturated carbocycles. The number of hydrogen-bond acceptors (Lipinski definition) is 5. The summed E-state index contributed by atoms with van der Waals surface area (Å²) in [4.78, 5) is 12.1. The van der Waals surface area contributed by atoms with Crippen LogP contribution < -0.4 is 20.6 Å². The van der Waals surface area contributed by atoms with Gasteiger partial charge in [0.2, 0.25) is 0 Å². The van der Waals surface area contributed by atoms with Crippen LogP contribution in [0.1, 0.15) is 28.4 Å². The lowest BCUT2D eigenvalue weighted by atomic mass is 10.2. The van der Waals surface area contributed by atoms with Crippen LogP contribution in [-0.2, 0) is 6.61 Å². The predicted molar refractivity (Wildman–Crippen MR) is 124 cm³/mol. The Morgan fingerprint density at radius 1 is 1.06 bits per heavy atom. The van der Waals surface area contributed by atoms with E-state index in [1.54, 1.807) is 54.6 Å². The Morgan fingerprint density at radius 3 is 2.65 bits per heavy atom. The van der Waals surface area contributed by atoms with Gasteiger partial charge in [0.25, 0.3) is 5.91 Å². The summed E-state index contributed by atoms with van der Waals surface area (Å²) in [7, 11) is 0. The maximum atomic E-state index is 12.1. The molecule has 3 aromatic carbocycles. The van der Waals surface area contributed by atoms with Crippen molar-refractivity contribution in [2.45, 2.75) is 13.5 Å². The van der Waals surface area contributed by atoms with E-state index in [1.165, 1.54) is 6.21 Å². The summed E-state index contributed by atoms with van der Waals surface area (Å²) in [6, 6.07) is 17.2. The largest absolute Gasteiger partial charge is 0.490 e. The first-order valence-corrected chi connectivity index (χ1v) is 10.2. The van der Waals surface area contributed by atoms with Crippen molar-refractivity contribution in [3.63, 3.8) is 0 Å². The zero-order valence-electron chi connectivity index (χ0n) is 16.8. The molecule has 0 fully saturated rings. The van der Waals surface area contributed by atoms with Crippen LogP contribution in [-0.4, -0.2) is 18.7 Å². The molecule has 3 N–H and O–H groups in total. The van der Waals surface area contributed by atoms with E-state index in [0.717, 1.165) is 11.1 Å². The van der Waals surface area contributed by atoms with Gasteiger partial charge in [0, 0.05) is 26.9 Å². The van der Waals surface area contributed by atoms with E-state index in [0.29, 0.717) is 39.4 Å². The predicted octanol–water partition coefficient (Wildman–Crippen LogP) is 5.32. The van der Waals surface area contributed by atoms with Crippen LogP contribution in [0.5, 0.6) is 11.5 Å². The second-order valence-electron chi connectivity index (χ2n) is 6.49. The summed E-state index contributed by atoms with van der Waals surface area (Å²) in [6.45, 7) is 2.61. The zero-order chi connectivity index (χ0) is 22.2. The molecular weight excluding hydrogens is 437 g/mol. The highest BCUT2D eigenvalue weighted by atomic mass is 35.5. The highest BCUT2D eigenvalue weighted by Crippen LogP contribution is 2.30. The molecule has 0 aliphatic heterocycles. The van der Waals surface area contributed by atoms with E-state index < -0.39 is 0 Å². The van der Waals surface area contributed by atoms with Gasteiger partial charge in [0.05, 0.1) is 12.8 Å². The molecule has 0 aliphatic rings. The number of benzene rings is 3. The van der Waals surface area contributed by atoms with Crippen molar-refractivity contribution in [3.05, 3.63) is 87.4 Å². The van der Waals surface area contributed by atoms with Crippen LogP contribution in [0.4, 0.5) is 5.69 Å². The van der Waals surface area contributed by atoms with E-state index in [4.69, 9.17) is 38.4 Å². The summed E-state index contributed by atoms with van der Waals surface area (Å²) in [5, 5.41) is 5.10. The smallest absolute Gasteiger partial charge is 0.271 e. The summed E-state index contributed by atoms with van der Waals surface area (Å²) in [6.07, 6.45) is 1.52. The summed E-state index contributed by atoms with van der Waals surface area (Å²) >= 11 is 12.1. The molecule has 3 aromatic rings. The molecule has 0 aromatic heterocycles. The minimum atomic E-state index is -0.353. The van der Waals surface area contributed by atoms with Crippen LogP contribution in [0.15, 0.2) is 65.8 Å². The summed E-state index contributed by atoms with van der Waals surface area (Å²) in [5.41, 5.74) is 10.6. The molecule has 0 spiro atoms. The third kappa shape index (κ3) is 6.38. The van der Waals surface area contributed by atoms with Crippen molar-refractivity contribution in [1.82, 2.24) is 5.43 Å². The van der Waals surface area contributed by atoms with Gasteiger partial charge < -0.3 is 15.2 Å². The number of nitrogens with two attached hydrogens (primary N) is 1. The maximum absolute atomic E-state index is 12.1. The van der Waals surface area contributed by atoms with Crippen molar-refractivity contribution in [1.29, 1.82) is 0 Å². The van der Waals surface area contributed by atoms with Gasteiger partial charge in [-0.15, -0.1) is 0 Å². The normalized spacial score (nSPS) is 10.8. The first-order valence-electron chi connectivity index (χ1n) is 9.48. The Hall–Kier alpha value is -3.22. The van der Waals surface area contributed by atoms with Gasteiger partial charge in [-0.2, -0.15) is 5.10 Å². The average molecular weight is 458 g/mol. The minimum absolute atomic E-state index is 0.264. The van der Waals surface area contributed by atoms with Gasteiger partial charge in [-0.3, -0.25) is 4.79 Å². The number of nitrogens with zero attached hydrogens (tertiary/aromatic N) is 1. The Balaban J connectivity index is 1.67. The number of carbonyl (C=O) groups is 1. The van der Waals surface area contributed by atoms with E-state index in [-0.39, 0.29) is 12.5 Å². The van der Waals surface area contributed by atoms with Crippen LogP contribution in [0.25, 0.3) is 0 Å². The number of nitrogens with one attached hydrogen (secondary N) is 1. The van der Waals surface area contributed by atoms with Crippen molar-refractivity contribution in [3.8, 4) is 11.5 Å². The number of anilines is 1. The maximum Gasteiger partial charge on any atom is 0.271 e. The Labute approximate surface area is 190 Å². The Kier molecular flexibility index (Phi) is 7.76. The SMILES string of the molecule is CCOc1cc(/C=N\NC(=O)c2cccc(N)c2)ccc1OCc1ccc(Cl)cc1Cl. The Bertz CT molecular complexity index is 1100.